The minimum Gasteiger partial charge on any atom is -0.481 e. The quantitative estimate of drug-likeness (QED) is 0.0851. The molecule has 15 heteroatoms. The summed E-state index contributed by atoms with van der Waals surface area (Å²) in [5.41, 5.74) is 13.8. The zero-order valence-corrected chi connectivity index (χ0v) is 23.5. The van der Waals surface area contributed by atoms with E-state index in [2.05, 4.69) is 30.9 Å². The number of carboxylic acid groups (broad SMARTS) is 2. The van der Waals surface area contributed by atoms with Gasteiger partial charge in [0, 0.05) is 41.8 Å². The van der Waals surface area contributed by atoms with Crippen LogP contribution in [0, 0.1) is 0 Å². The van der Waals surface area contributed by atoms with Crippen LogP contribution in [0.15, 0.2) is 43.0 Å². The maximum atomic E-state index is 13.4. The van der Waals surface area contributed by atoms with E-state index in [1.54, 1.807) is 6.20 Å². The van der Waals surface area contributed by atoms with Gasteiger partial charge in [0.05, 0.1) is 12.4 Å². The molecule has 0 bridgehead atoms. The van der Waals surface area contributed by atoms with Gasteiger partial charge in [0.15, 0.2) is 0 Å². The molecule has 0 aliphatic rings. The van der Waals surface area contributed by atoms with Gasteiger partial charge in [-0.25, -0.2) is 9.78 Å². The molecule has 0 aliphatic heterocycles. The second-order valence-electron chi connectivity index (χ2n) is 10.2. The van der Waals surface area contributed by atoms with Gasteiger partial charge in [-0.1, -0.05) is 18.2 Å². The van der Waals surface area contributed by atoms with Crippen molar-refractivity contribution in [2.45, 2.75) is 69.1 Å². The topological polar surface area (TPSA) is 258 Å². The Hall–Kier alpha value is -4.76. The maximum absolute atomic E-state index is 13.4. The lowest BCUT2D eigenvalue weighted by Gasteiger charge is -2.25. The summed E-state index contributed by atoms with van der Waals surface area (Å²) >= 11 is 0. The molecule has 4 atom stereocenters. The summed E-state index contributed by atoms with van der Waals surface area (Å²) in [5.74, 6) is -4.72. The van der Waals surface area contributed by atoms with Gasteiger partial charge in [-0.05, 0) is 50.3 Å². The molecule has 0 aliphatic carbocycles. The highest BCUT2D eigenvalue weighted by Gasteiger charge is 2.31. The monoisotopic (exact) mass is 598 g/mol. The molecular weight excluding hydrogens is 560 g/mol. The molecule has 4 unspecified atom stereocenters. The molecule has 43 heavy (non-hydrogen) atoms. The van der Waals surface area contributed by atoms with E-state index in [9.17, 15) is 34.2 Å². The summed E-state index contributed by atoms with van der Waals surface area (Å²) in [6.45, 7) is 0.369. The highest BCUT2D eigenvalue weighted by molar-refractivity contribution is 5.94. The SMILES string of the molecule is NCCCCC(NC(=O)C(Cc1cnc[nH]1)NC(=O)C(CCC(=O)O)NC(=O)C(N)Cc1c[nH]c2ccccc12)C(=O)O. The number of aromatic amines is 2. The molecule has 3 aromatic rings. The number of amides is 3. The average Bonchev–Trinajstić information content (AvgIpc) is 3.64. The lowest BCUT2D eigenvalue weighted by atomic mass is 10.0. The first-order chi connectivity index (χ1) is 20.6. The number of carbonyl (C=O) groups is 5. The van der Waals surface area contributed by atoms with Gasteiger partial charge >= 0.3 is 11.9 Å². The third kappa shape index (κ3) is 9.93. The Bertz CT molecular complexity index is 1390. The van der Waals surface area contributed by atoms with Crippen molar-refractivity contribution in [3.05, 3.63) is 54.2 Å². The van der Waals surface area contributed by atoms with Crippen LogP contribution in [0.25, 0.3) is 10.9 Å². The Morgan fingerprint density at radius 1 is 0.860 bits per heavy atom. The fraction of sp³-hybridized carbons (Fsp3) is 0.429. The highest BCUT2D eigenvalue weighted by Crippen LogP contribution is 2.19. The van der Waals surface area contributed by atoms with Gasteiger partial charge in [-0.3, -0.25) is 19.2 Å². The molecule has 1 aromatic carbocycles. The van der Waals surface area contributed by atoms with Crippen molar-refractivity contribution < 1.29 is 34.2 Å². The summed E-state index contributed by atoms with van der Waals surface area (Å²) in [4.78, 5) is 72.5. The Morgan fingerprint density at radius 3 is 2.23 bits per heavy atom. The standard InChI is InChI=1S/C28H38N8O7/c29-10-4-3-7-22(28(42)43)35-27(41)23(12-17-14-31-15-33-17)36-26(40)21(8-9-24(37)38)34-25(39)19(30)11-16-13-32-20-6-2-1-5-18(16)20/h1-2,5-6,13-15,19,21-23,32H,3-4,7-12,29-30H2,(H,31,33)(H,34,39)(H,35,41)(H,36,40)(H,37,38)(H,42,43). The Morgan fingerprint density at radius 2 is 1.56 bits per heavy atom. The number of imidazole rings is 1. The number of benzene rings is 1. The first kappa shape index (κ1) is 32.8. The molecule has 2 aromatic heterocycles. The molecule has 0 radical (unpaired) electrons. The van der Waals surface area contributed by atoms with Crippen LogP contribution >= 0.6 is 0 Å². The zero-order valence-electron chi connectivity index (χ0n) is 23.5. The summed E-state index contributed by atoms with van der Waals surface area (Å²) in [5, 5.41) is 27.2. The van der Waals surface area contributed by atoms with Crippen LogP contribution in [0.5, 0.6) is 0 Å². The largest absolute Gasteiger partial charge is 0.481 e. The fourth-order valence-electron chi connectivity index (χ4n) is 4.57. The van der Waals surface area contributed by atoms with E-state index in [0.29, 0.717) is 25.1 Å². The van der Waals surface area contributed by atoms with Crippen molar-refractivity contribution in [2.24, 2.45) is 11.5 Å². The number of fused-ring (bicyclic) bond motifs is 1. The van der Waals surface area contributed by atoms with E-state index >= 15 is 0 Å². The van der Waals surface area contributed by atoms with E-state index in [-0.39, 0.29) is 25.7 Å². The van der Waals surface area contributed by atoms with E-state index in [1.165, 1.54) is 12.5 Å². The number of rotatable bonds is 18. The molecule has 232 valence electrons. The highest BCUT2D eigenvalue weighted by atomic mass is 16.4. The Labute approximate surface area is 247 Å². The van der Waals surface area contributed by atoms with Crippen LogP contribution in [0.3, 0.4) is 0 Å². The van der Waals surface area contributed by atoms with Crippen LogP contribution < -0.4 is 27.4 Å². The number of nitrogens with one attached hydrogen (secondary N) is 5. The van der Waals surface area contributed by atoms with E-state index < -0.39 is 60.2 Å². The molecule has 15 nitrogen and oxygen atoms in total. The molecule has 0 saturated heterocycles. The number of hydrogen-bond donors (Lipinski definition) is 9. The minimum atomic E-state index is -1.34. The van der Waals surface area contributed by atoms with Crippen LogP contribution in [0.2, 0.25) is 0 Å². The van der Waals surface area contributed by atoms with Gasteiger partial charge < -0.3 is 47.6 Å². The number of aliphatic carboxylic acids is 2. The van der Waals surface area contributed by atoms with E-state index in [0.717, 1.165) is 16.5 Å². The normalized spacial score (nSPS) is 13.9. The number of nitrogens with zero attached hydrogens (tertiary/aromatic N) is 1. The zero-order chi connectivity index (χ0) is 31.4. The van der Waals surface area contributed by atoms with Crippen LogP contribution in [0.4, 0.5) is 0 Å². The predicted octanol–water partition coefficient (Wildman–Crippen LogP) is -0.464. The van der Waals surface area contributed by atoms with Gasteiger partial charge in [-0.15, -0.1) is 0 Å². The van der Waals surface area contributed by atoms with Gasteiger partial charge in [-0.2, -0.15) is 0 Å². The third-order valence-electron chi connectivity index (χ3n) is 6.90. The van der Waals surface area contributed by atoms with Crippen molar-refractivity contribution in [3.63, 3.8) is 0 Å². The summed E-state index contributed by atoms with van der Waals surface area (Å²) < 4.78 is 0. The smallest absolute Gasteiger partial charge is 0.326 e. The fourth-order valence-corrected chi connectivity index (χ4v) is 4.57. The third-order valence-corrected chi connectivity index (χ3v) is 6.90. The molecular formula is C28H38N8O7. The number of unbranched alkanes of at least 4 members (excludes halogenated alkanes) is 1. The average molecular weight is 599 g/mol. The van der Waals surface area contributed by atoms with Gasteiger partial charge in [0.2, 0.25) is 17.7 Å². The lowest BCUT2D eigenvalue weighted by Crippen LogP contribution is -2.57. The Kier molecular flexibility index (Phi) is 12.2. The molecule has 3 rings (SSSR count). The number of nitrogens with two attached hydrogens (primary N) is 2. The second kappa shape index (κ2) is 16.0. The van der Waals surface area contributed by atoms with Crippen LogP contribution in [0.1, 0.15) is 43.4 Å². The lowest BCUT2D eigenvalue weighted by molar-refractivity contribution is -0.142. The van der Waals surface area contributed by atoms with Crippen LogP contribution in [-0.2, 0) is 36.8 Å². The number of carboxylic acids is 2. The van der Waals surface area contributed by atoms with Crippen molar-refractivity contribution >= 4 is 40.6 Å². The minimum absolute atomic E-state index is 0.0770. The summed E-state index contributed by atoms with van der Waals surface area (Å²) in [7, 11) is 0. The van der Waals surface area contributed by atoms with Crippen molar-refractivity contribution in [3.8, 4) is 0 Å². The van der Waals surface area contributed by atoms with Gasteiger partial charge in [0.1, 0.15) is 18.1 Å². The number of carbonyl (C=O) groups excluding carboxylic acids is 3. The summed E-state index contributed by atoms with van der Waals surface area (Å²) in [6, 6.07) is 2.59. The number of hydrogen-bond acceptors (Lipinski definition) is 8. The molecule has 0 saturated carbocycles. The number of para-hydroxylation sites is 1. The molecule has 0 fully saturated rings. The van der Waals surface area contributed by atoms with E-state index in [4.69, 9.17) is 11.5 Å². The first-order valence-corrected chi connectivity index (χ1v) is 13.9. The summed E-state index contributed by atoms with van der Waals surface area (Å²) in [6.07, 6.45) is 5.08. The maximum Gasteiger partial charge on any atom is 0.326 e. The van der Waals surface area contributed by atoms with E-state index in [1.807, 2.05) is 24.3 Å². The molecule has 0 spiro atoms. The first-order valence-electron chi connectivity index (χ1n) is 13.9. The predicted molar refractivity (Wildman–Crippen MR) is 155 cm³/mol. The second-order valence-corrected chi connectivity index (χ2v) is 10.2. The molecule has 3 amide bonds. The van der Waals surface area contributed by atoms with Crippen molar-refractivity contribution in [1.82, 2.24) is 30.9 Å². The molecule has 2 heterocycles. The van der Waals surface area contributed by atoms with Gasteiger partial charge in [0.25, 0.3) is 0 Å². The van der Waals surface area contributed by atoms with Crippen molar-refractivity contribution in [2.75, 3.05) is 6.54 Å². The molecule has 11 N–H and O–H groups in total. The Balaban J connectivity index is 1.73. The number of aromatic nitrogens is 3. The number of H-pyrrole nitrogens is 2. The van der Waals surface area contributed by atoms with Crippen LogP contribution in [-0.4, -0.2) is 85.5 Å². The van der Waals surface area contributed by atoms with Crippen molar-refractivity contribution in [1.29, 1.82) is 0 Å².